The van der Waals surface area contributed by atoms with E-state index < -0.39 is 0 Å². The van der Waals surface area contributed by atoms with E-state index in [-0.39, 0.29) is 10.7 Å². The number of benzene rings is 1. The van der Waals surface area contributed by atoms with Gasteiger partial charge in [-0.1, -0.05) is 11.6 Å². The van der Waals surface area contributed by atoms with Crippen LogP contribution in [0.4, 0.5) is 17.2 Å². The minimum atomic E-state index is 0.153. The second-order valence-corrected chi connectivity index (χ2v) is 4.87. The fraction of sp³-hybridized carbons (Fsp3) is 0.214. The molecular weight excluding hydrogens is 276 g/mol. The highest BCUT2D eigenvalue weighted by atomic mass is 35.5. The first kappa shape index (κ1) is 14.3. The Hall–Kier alpha value is -2.14. The van der Waals surface area contributed by atoms with Crippen molar-refractivity contribution in [2.75, 3.05) is 24.3 Å². The van der Waals surface area contributed by atoms with Gasteiger partial charge in [0.15, 0.2) is 6.29 Å². The molecule has 0 aliphatic heterocycles. The van der Waals surface area contributed by atoms with Gasteiger partial charge in [0.2, 0.25) is 0 Å². The molecule has 2 rings (SSSR count). The number of carbonyl (C=O) groups excluding carboxylic acids is 1. The molecular formula is C14H15ClN4O. The minimum Gasteiger partial charge on any atom is -0.378 e. The van der Waals surface area contributed by atoms with E-state index in [4.69, 9.17) is 11.6 Å². The molecule has 0 bridgehead atoms. The molecule has 0 saturated heterocycles. The van der Waals surface area contributed by atoms with Crippen LogP contribution in [0.3, 0.4) is 0 Å². The van der Waals surface area contributed by atoms with Gasteiger partial charge in [-0.25, -0.2) is 9.97 Å². The number of rotatable bonds is 4. The summed E-state index contributed by atoms with van der Waals surface area (Å²) in [6, 6.07) is 7.77. The van der Waals surface area contributed by atoms with E-state index in [1.807, 2.05) is 43.3 Å². The van der Waals surface area contributed by atoms with Gasteiger partial charge in [0.1, 0.15) is 16.8 Å². The number of hydrogen-bond donors (Lipinski definition) is 1. The Kier molecular flexibility index (Phi) is 4.20. The van der Waals surface area contributed by atoms with Crippen molar-refractivity contribution in [2.45, 2.75) is 6.92 Å². The molecule has 0 fully saturated rings. The van der Waals surface area contributed by atoms with Gasteiger partial charge in [-0.2, -0.15) is 0 Å². The maximum atomic E-state index is 11.1. The van der Waals surface area contributed by atoms with Crippen LogP contribution in [0.25, 0.3) is 0 Å². The molecule has 2 aromatic rings. The summed E-state index contributed by atoms with van der Waals surface area (Å²) in [5.74, 6) is 0.920. The average molecular weight is 291 g/mol. The summed E-state index contributed by atoms with van der Waals surface area (Å²) in [6.45, 7) is 1.72. The summed E-state index contributed by atoms with van der Waals surface area (Å²) in [5, 5.41) is 3.24. The van der Waals surface area contributed by atoms with E-state index in [0.717, 1.165) is 11.4 Å². The van der Waals surface area contributed by atoms with Gasteiger partial charge in [0, 0.05) is 25.5 Å². The summed E-state index contributed by atoms with van der Waals surface area (Å²) in [7, 11) is 3.95. The molecule has 1 heterocycles. The third-order valence-corrected chi connectivity index (χ3v) is 3.06. The Bertz CT molecular complexity index is 626. The smallest absolute Gasteiger partial charge is 0.156 e. The fourth-order valence-electron chi connectivity index (χ4n) is 1.73. The van der Waals surface area contributed by atoms with Gasteiger partial charge in [-0.3, -0.25) is 4.79 Å². The van der Waals surface area contributed by atoms with Gasteiger partial charge in [-0.15, -0.1) is 0 Å². The minimum absolute atomic E-state index is 0.153. The van der Waals surface area contributed by atoms with E-state index >= 15 is 0 Å². The summed E-state index contributed by atoms with van der Waals surface area (Å²) < 4.78 is 0. The summed E-state index contributed by atoms with van der Waals surface area (Å²) in [6.07, 6.45) is 0.651. The first-order chi connectivity index (χ1) is 9.51. The van der Waals surface area contributed by atoms with E-state index in [1.165, 1.54) is 0 Å². The molecule has 1 aromatic heterocycles. The molecule has 0 spiro atoms. The maximum Gasteiger partial charge on any atom is 0.156 e. The lowest BCUT2D eigenvalue weighted by Gasteiger charge is -2.14. The van der Waals surface area contributed by atoms with Gasteiger partial charge >= 0.3 is 0 Å². The van der Waals surface area contributed by atoms with Crippen molar-refractivity contribution in [3.05, 3.63) is 40.8 Å². The van der Waals surface area contributed by atoms with Gasteiger partial charge in [0.05, 0.1) is 5.56 Å². The summed E-state index contributed by atoms with van der Waals surface area (Å²) in [4.78, 5) is 21.3. The number of anilines is 3. The van der Waals surface area contributed by atoms with Crippen LogP contribution in [0.2, 0.25) is 5.15 Å². The van der Waals surface area contributed by atoms with Gasteiger partial charge in [0.25, 0.3) is 0 Å². The first-order valence-corrected chi connectivity index (χ1v) is 6.43. The Morgan fingerprint density at radius 1 is 1.20 bits per heavy atom. The van der Waals surface area contributed by atoms with Crippen molar-refractivity contribution < 1.29 is 4.79 Å². The molecule has 1 aromatic carbocycles. The van der Waals surface area contributed by atoms with Crippen LogP contribution in [0, 0.1) is 6.92 Å². The monoisotopic (exact) mass is 290 g/mol. The van der Waals surface area contributed by atoms with Crippen LogP contribution >= 0.6 is 11.6 Å². The molecule has 1 N–H and O–H groups in total. The molecule has 0 aliphatic carbocycles. The van der Waals surface area contributed by atoms with Crippen LogP contribution in [0.15, 0.2) is 24.3 Å². The lowest BCUT2D eigenvalue weighted by atomic mass is 10.2. The average Bonchev–Trinajstić information content (AvgIpc) is 2.39. The lowest BCUT2D eigenvalue weighted by molar-refractivity contribution is 0.112. The first-order valence-electron chi connectivity index (χ1n) is 6.05. The molecule has 0 aliphatic rings. The molecule has 104 valence electrons. The van der Waals surface area contributed by atoms with Crippen molar-refractivity contribution in [1.82, 2.24) is 9.97 Å². The van der Waals surface area contributed by atoms with E-state index in [0.29, 0.717) is 17.9 Å². The highest BCUT2D eigenvalue weighted by molar-refractivity contribution is 6.32. The number of nitrogens with zero attached hydrogens (tertiary/aromatic N) is 3. The third-order valence-electron chi connectivity index (χ3n) is 2.78. The molecule has 5 nitrogen and oxygen atoms in total. The van der Waals surface area contributed by atoms with E-state index in [2.05, 4.69) is 15.3 Å². The molecule has 0 saturated carbocycles. The van der Waals surface area contributed by atoms with Gasteiger partial charge < -0.3 is 10.2 Å². The zero-order valence-electron chi connectivity index (χ0n) is 11.5. The number of hydrogen-bond acceptors (Lipinski definition) is 5. The van der Waals surface area contributed by atoms with Crippen molar-refractivity contribution in [3.8, 4) is 0 Å². The van der Waals surface area contributed by atoms with Crippen molar-refractivity contribution >= 4 is 35.1 Å². The predicted molar refractivity (Wildman–Crippen MR) is 81.2 cm³/mol. The molecule has 0 amide bonds. The van der Waals surface area contributed by atoms with Crippen molar-refractivity contribution in [2.24, 2.45) is 0 Å². The highest BCUT2D eigenvalue weighted by Gasteiger charge is 2.11. The maximum absolute atomic E-state index is 11.1. The zero-order chi connectivity index (χ0) is 14.7. The third kappa shape index (κ3) is 3.05. The van der Waals surface area contributed by atoms with Crippen molar-refractivity contribution in [1.29, 1.82) is 0 Å². The van der Waals surface area contributed by atoms with Gasteiger partial charge in [-0.05, 0) is 31.2 Å². The molecule has 6 heteroatoms. The number of nitrogens with one attached hydrogen (secondary N) is 1. The van der Waals surface area contributed by atoms with Crippen molar-refractivity contribution in [3.63, 3.8) is 0 Å². The quantitative estimate of drug-likeness (QED) is 0.693. The van der Waals surface area contributed by atoms with Crippen LogP contribution in [0.1, 0.15) is 16.2 Å². The Labute approximate surface area is 122 Å². The van der Waals surface area contributed by atoms with Crippen LogP contribution in [-0.2, 0) is 0 Å². The predicted octanol–water partition coefficient (Wildman–Crippen LogP) is 3.06. The second-order valence-electron chi connectivity index (χ2n) is 4.51. The molecule has 0 atom stereocenters. The van der Waals surface area contributed by atoms with E-state index in [1.54, 1.807) is 6.92 Å². The second kappa shape index (κ2) is 5.88. The van der Waals surface area contributed by atoms with Crippen LogP contribution in [0.5, 0.6) is 0 Å². The number of carbonyl (C=O) groups is 1. The van der Waals surface area contributed by atoms with Crippen LogP contribution in [-0.4, -0.2) is 30.3 Å². The normalized spacial score (nSPS) is 10.2. The number of aldehydes is 1. The molecule has 0 radical (unpaired) electrons. The van der Waals surface area contributed by atoms with E-state index in [9.17, 15) is 4.79 Å². The number of aryl methyl sites for hydroxylation is 1. The zero-order valence-corrected chi connectivity index (χ0v) is 12.3. The largest absolute Gasteiger partial charge is 0.378 e. The number of halogens is 1. The topological polar surface area (TPSA) is 58.1 Å². The lowest BCUT2D eigenvalue weighted by Crippen LogP contribution is -2.08. The SMILES string of the molecule is Cc1nc(Cl)c(C=O)c(Nc2ccc(N(C)C)cc2)n1. The fourth-order valence-corrected chi connectivity index (χ4v) is 1.98. The Balaban J connectivity index is 2.32. The molecule has 0 unspecified atom stereocenters. The molecule has 20 heavy (non-hydrogen) atoms. The number of aromatic nitrogens is 2. The van der Waals surface area contributed by atoms with Crippen LogP contribution < -0.4 is 10.2 Å². The Morgan fingerprint density at radius 2 is 1.85 bits per heavy atom. The summed E-state index contributed by atoms with van der Waals surface area (Å²) >= 11 is 5.94. The highest BCUT2D eigenvalue weighted by Crippen LogP contribution is 2.24. The standard InChI is InChI=1S/C14H15ClN4O/c1-9-16-13(15)12(8-20)14(17-9)18-10-4-6-11(7-5-10)19(2)3/h4-8H,1-3H3,(H,16,17,18). The Morgan fingerprint density at radius 3 is 2.40 bits per heavy atom. The summed E-state index contributed by atoms with van der Waals surface area (Å²) in [5.41, 5.74) is 2.17.